The molecule has 0 aromatic heterocycles. The number of amides is 1. The van der Waals surface area contributed by atoms with Gasteiger partial charge in [-0.05, 0) is 45.6 Å². The zero-order valence-electron chi connectivity index (χ0n) is 11.4. The fourth-order valence-electron chi connectivity index (χ4n) is 1.49. The van der Waals surface area contributed by atoms with Gasteiger partial charge >= 0.3 is 0 Å². The zero-order chi connectivity index (χ0) is 13.7. The van der Waals surface area contributed by atoms with Gasteiger partial charge in [-0.15, -0.1) is 0 Å². The highest BCUT2D eigenvalue weighted by Gasteiger charge is 2.12. The Morgan fingerprint density at radius 1 is 1.44 bits per heavy atom. The molecular formula is C13H22N4O. The van der Waals surface area contributed by atoms with Crippen LogP contribution in [0.3, 0.4) is 0 Å². The van der Waals surface area contributed by atoms with Crippen LogP contribution in [0.15, 0.2) is 18.2 Å². The Morgan fingerprint density at radius 3 is 2.67 bits per heavy atom. The summed E-state index contributed by atoms with van der Waals surface area (Å²) in [4.78, 5) is 14.1. The molecule has 5 heteroatoms. The van der Waals surface area contributed by atoms with Crippen LogP contribution in [0, 0.1) is 6.92 Å². The first-order valence-corrected chi connectivity index (χ1v) is 5.97. The molecule has 1 atom stereocenters. The van der Waals surface area contributed by atoms with Crippen molar-refractivity contribution in [3.05, 3.63) is 29.3 Å². The number of likely N-dealkylation sites (N-methyl/N-ethyl adjacent to an activating group) is 1. The molecule has 4 N–H and O–H groups in total. The molecule has 0 aliphatic rings. The van der Waals surface area contributed by atoms with E-state index >= 15 is 0 Å². The van der Waals surface area contributed by atoms with Gasteiger partial charge in [0.05, 0.1) is 11.3 Å². The summed E-state index contributed by atoms with van der Waals surface area (Å²) in [6, 6.07) is 5.81. The molecule has 0 saturated heterocycles. The number of nitrogens with zero attached hydrogens (tertiary/aromatic N) is 1. The number of hydrogen-bond acceptors (Lipinski definition) is 4. The van der Waals surface area contributed by atoms with Crippen molar-refractivity contribution in [3.8, 4) is 0 Å². The van der Waals surface area contributed by atoms with Crippen molar-refractivity contribution in [2.24, 2.45) is 5.84 Å². The number of hydrogen-bond donors (Lipinski definition) is 3. The lowest BCUT2D eigenvalue weighted by molar-refractivity contribution is 0.0944. The minimum atomic E-state index is -0.114. The summed E-state index contributed by atoms with van der Waals surface area (Å²) in [7, 11) is 3.96. The van der Waals surface area contributed by atoms with Crippen molar-refractivity contribution < 1.29 is 4.79 Å². The van der Waals surface area contributed by atoms with Crippen LogP contribution in [-0.2, 0) is 0 Å². The van der Waals surface area contributed by atoms with E-state index in [1.807, 2.05) is 33.2 Å². The van der Waals surface area contributed by atoms with E-state index in [-0.39, 0.29) is 11.9 Å². The van der Waals surface area contributed by atoms with Crippen LogP contribution in [0.4, 0.5) is 5.69 Å². The quantitative estimate of drug-likeness (QED) is 0.538. The predicted octanol–water partition coefficient (Wildman–Crippen LogP) is 0.961. The summed E-state index contributed by atoms with van der Waals surface area (Å²) >= 11 is 0. The van der Waals surface area contributed by atoms with E-state index in [1.54, 1.807) is 6.07 Å². The van der Waals surface area contributed by atoms with E-state index in [2.05, 4.69) is 22.6 Å². The third kappa shape index (κ3) is 3.72. The molecule has 0 fully saturated rings. The molecule has 0 bridgehead atoms. The first-order valence-electron chi connectivity index (χ1n) is 5.97. The van der Waals surface area contributed by atoms with Gasteiger partial charge in [-0.25, -0.2) is 0 Å². The van der Waals surface area contributed by atoms with Crippen molar-refractivity contribution >= 4 is 11.6 Å². The molecule has 1 aromatic rings. The average molecular weight is 250 g/mol. The van der Waals surface area contributed by atoms with Gasteiger partial charge < -0.3 is 15.6 Å². The monoisotopic (exact) mass is 250 g/mol. The fraction of sp³-hybridized carbons (Fsp3) is 0.462. The summed E-state index contributed by atoms with van der Waals surface area (Å²) in [5, 5.41) is 2.90. The number of aryl methyl sites for hydroxylation is 1. The molecule has 0 spiro atoms. The normalized spacial score (nSPS) is 12.3. The number of nitrogens with two attached hydrogens (primary N) is 1. The molecule has 1 amide bonds. The molecule has 0 aliphatic carbocycles. The molecule has 1 aromatic carbocycles. The number of benzene rings is 1. The van der Waals surface area contributed by atoms with Crippen LogP contribution >= 0.6 is 0 Å². The lowest BCUT2D eigenvalue weighted by atomic mass is 10.1. The Bertz CT molecular complexity index is 417. The molecule has 0 saturated carbocycles. The van der Waals surface area contributed by atoms with Crippen LogP contribution in [0.2, 0.25) is 0 Å². The van der Waals surface area contributed by atoms with Crippen LogP contribution < -0.4 is 16.6 Å². The SMILES string of the molecule is Cc1ccc(C(=O)NCC(C)N(C)C)c(NN)c1. The lowest BCUT2D eigenvalue weighted by Gasteiger charge is -2.20. The largest absolute Gasteiger partial charge is 0.350 e. The Balaban J connectivity index is 2.72. The van der Waals surface area contributed by atoms with Crippen LogP contribution in [-0.4, -0.2) is 37.5 Å². The highest BCUT2D eigenvalue weighted by Crippen LogP contribution is 2.16. The smallest absolute Gasteiger partial charge is 0.253 e. The van der Waals surface area contributed by atoms with E-state index in [1.165, 1.54) is 0 Å². The Labute approximate surface area is 108 Å². The third-order valence-electron chi connectivity index (χ3n) is 3.01. The highest BCUT2D eigenvalue weighted by molar-refractivity contribution is 5.99. The number of hydrazine groups is 1. The van der Waals surface area contributed by atoms with Crippen molar-refractivity contribution in [1.29, 1.82) is 0 Å². The Morgan fingerprint density at radius 2 is 2.11 bits per heavy atom. The second kappa shape index (κ2) is 6.37. The van der Waals surface area contributed by atoms with Gasteiger partial charge in [0.2, 0.25) is 0 Å². The molecule has 1 unspecified atom stereocenters. The van der Waals surface area contributed by atoms with Crippen molar-refractivity contribution in [1.82, 2.24) is 10.2 Å². The number of rotatable bonds is 5. The van der Waals surface area contributed by atoms with Crippen LogP contribution in [0.1, 0.15) is 22.8 Å². The molecule has 100 valence electrons. The lowest BCUT2D eigenvalue weighted by Crippen LogP contribution is -2.38. The topological polar surface area (TPSA) is 70.4 Å². The molecule has 1 rings (SSSR count). The summed E-state index contributed by atoms with van der Waals surface area (Å²) < 4.78 is 0. The van der Waals surface area contributed by atoms with Gasteiger partial charge in [-0.2, -0.15) is 0 Å². The summed E-state index contributed by atoms with van der Waals surface area (Å²) in [5.74, 6) is 5.31. The first kappa shape index (κ1) is 14.5. The standard InChI is InChI=1S/C13H22N4O/c1-9-5-6-11(12(7-9)16-14)13(18)15-8-10(2)17(3)4/h5-7,10,16H,8,14H2,1-4H3,(H,15,18). The maximum absolute atomic E-state index is 12.0. The molecular weight excluding hydrogens is 228 g/mol. The summed E-state index contributed by atoms with van der Waals surface area (Å²) in [6.45, 7) is 4.61. The number of nitrogens with one attached hydrogen (secondary N) is 2. The first-order chi connectivity index (χ1) is 8.45. The highest BCUT2D eigenvalue weighted by atomic mass is 16.1. The van der Waals surface area contributed by atoms with E-state index in [0.717, 1.165) is 5.56 Å². The summed E-state index contributed by atoms with van der Waals surface area (Å²) in [5.41, 5.74) is 4.82. The van der Waals surface area contributed by atoms with Gasteiger partial charge in [0.1, 0.15) is 0 Å². The van der Waals surface area contributed by atoms with E-state index in [0.29, 0.717) is 17.8 Å². The molecule has 5 nitrogen and oxygen atoms in total. The molecule has 0 aliphatic heterocycles. The molecule has 0 heterocycles. The second-order valence-corrected chi connectivity index (χ2v) is 4.72. The summed E-state index contributed by atoms with van der Waals surface area (Å²) in [6.07, 6.45) is 0. The third-order valence-corrected chi connectivity index (χ3v) is 3.01. The average Bonchev–Trinajstić information content (AvgIpc) is 2.34. The number of nitrogen functional groups attached to an aromatic ring is 1. The maximum Gasteiger partial charge on any atom is 0.253 e. The fourth-order valence-corrected chi connectivity index (χ4v) is 1.49. The van der Waals surface area contributed by atoms with E-state index in [4.69, 9.17) is 5.84 Å². The van der Waals surface area contributed by atoms with Gasteiger partial charge in [0, 0.05) is 12.6 Å². The van der Waals surface area contributed by atoms with Gasteiger partial charge in [-0.3, -0.25) is 10.6 Å². The minimum absolute atomic E-state index is 0.114. The van der Waals surface area contributed by atoms with E-state index < -0.39 is 0 Å². The molecule has 18 heavy (non-hydrogen) atoms. The predicted molar refractivity (Wildman–Crippen MR) is 74.5 cm³/mol. The minimum Gasteiger partial charge on any atom is -0.350 e. The number of carbonyl (C=O) groups excluding carboxylic acids is 1. The van der Waals surface area contributed by atoms with Crippen molar-refractivity contribution in [3.63, 3.8) is 0 Å². The van der Waals surface area contributed by atoms with Crippen molar-refractivity contribution in [2.75, 3.05) is 26.1 Å². The van der Waals surface area contributed by atoms with Crippen molar-refractivity contribution in [2.45, 2.75) is 19.9 Å². The Kier molecular flexibility index (Phi) is 5.12. The second-order valence-electron chi connectivity index (χ2n) is 4.72. The van der Waals surface area contributed by atoms with Gasteiger partial charge in [-0.1, -0.05) is 6.07 Å². The van der Waals surface area contributed by atoms with Gasteiger partial charge in [0.25, 0.3) is 5.91 Å². The number of carbonyl (C=O) groups is 1. The van der Waals surface area contributed by atoms with Crippen LogP contribution in [0.5, 0.6) is 0 Å². The number of anilines is 1. The van der Waals surface area contributed by atoms with E-state index in [9.17, 15) is 4.79 Å². The molecule has 0 radical (unpaired) electrons. The maximum atomic E-state index is 12.0. The van der Waals surface area contributed by atoms with Gasteiger partial charge in [0.15, 0.2) is 0 Å². The van der Waals surface area contributed by atoms with Crippen LogP contribution in [0.25, 0.3) is 0 Å². The Hall–Kier alpha value is -1.59. The zero-order valence-corrected chi connectivity index (χ0v) is 11.4.